The zero-order valence-corrected chi connectivity index (χ0v) is 18.9. The molecule has 0 aliphatic heterocycles. The van der Waals surface area contributed by atoms with Crippen LogP contribution in [0.25, 0.3) is 10.2 Å². The molecule has 1 aromatic heterocycles. The zero-order valence-electron chi connectivity index (χ0n) is 16.5. The molecule has 6 nitrogen and oxygen atoms in total. The summed E-state index contributed by atoms with van der Waals surface area (Å²) in [5.74, 6) is -0.455. The highest BCUT2D eigenvalue weighted by Gasteiger charge is 2.25. The van der Waals surface area contributed by atoms with Gasteiger partial charge >= 0.3 is 0 Å². The van der Waals surface area contributed by atoms with Crippen molar-refractivity contribution in [2.24, 2.45) is 0 Å². The third-order valence-corrected chi connectivity index (χ3v) is 7.18. The Morgan fingerprint density at radius 1 is 1.17 bits per heavy atom. The van der Waals surface area contributed by atoms with Gasteiger partial charge in [-0.25, -0.2) is 18.1 Å². The summed E-state index contributed by atoms with van der Waals surface area (Å²) in [5, 5.41) is 3.24. The van der Waals surface area contributed by atoms with Crippen LogP contribution in [0.5, 0.6) is 0 Å². The lowest BCUT2D eigenvalue weighted by Crippen LogP contribution is -2.40. The molecule has 0 aliphatic rings. The van der Waals surface area contributed by atoms with Gasteiger partial charge < -0.3 is 0 Å². The molecule has 0 saturated heterocycles. The molecule has 0 radical (unpaired) electrons. The van der Waals surface area contributed by atoms with Crippen LogP contribution in [0.2, 0.25) is 5.02 Å². The van der Waals surface area contributed by atoms with Crippen LogP contribution in [0, 0.1) is 0 Å². The van der Waals surface area contributed by atoms with Crippen molar-refractivity contribution in [3.63, 3.8) is 0 Å². The van der Waals surface area contributed by atoms with Crippen LogP contribution in [0.1, 0.15) is 43.6 Å². The Bertz CT molecular complexity index is 1180. The molecule has 0 unspecified atom stereocenters. The minimum atomic E-state index is -3.88. The molecule has 154 valence electrons. The van der Waals surface area contributed by atoms with E-state index in [1.807, 2.05) is 18.2 Å². The van der Waals surface area contributed by atoms with Gasteiger partial charge in [-0.2, -0.15) is 0 Å². The van der Waals surface area contributed by atoms with Gasteiger partial charge in [0.05, 0.1) is 15.2 Å². The van der Waals surface area contributed by atoms with Gasteiger partial charge in [0.15, 0.2) is 5.13 Å². The van der Waals surface area contributed by atoms with Crippen molar-refractivity contribution in [3.8, 4) is 0 Å². The van der Waals surface area contributed by atoms with E-state index >= 15 is 0 Å². The molecular formula is C20H22ClN3O3S2. The highest BCUT2D eigenvalue weighted by atomic mass is 35.5. The summed E-state index contributed by atoms with van der Waals surface area (Å²) in [4.78, 5) is 17.0. The van der Waals surface area contributed by atoms with E-state index < -0.39 is 21.5 Å². The van der Waals surface area contributed by atoms with Crippen LogP contribution in [-0.4, -0.2) is 24.8 Å². The van der Waals surface area contributed by atoms with Gasteiger partial charge in [-0.1, -0.05) is 35.9 Å². The van der Waals surface area contributed by atoms with Gasteiger partial charge in [-0.05, 0) is 63.1 Å². The lowest BCUT2D eigenvalue weighted by Gasteiger charge is -2.21. The van der Waals surface area contributed by atoms with Gasteiger partial charge in [0.25, 0.3) is 5.91 Å². The molecule has 9 heteroatoms. The zero-order chi connectivity index (χ0) is 21.4. The first-order chi connectivity index (χ1) is 13.5. The summed E-state index contributed by atoms with van der Waals surface area (Å²) in [6.07, 6.45) is 0.917. The number of amides is 1. The predicted octanol–water partition coefficient (Wildman–Crippen LogP) is 4.84. The maximum atomic E-state index is 12.7. The van der Waals surface area contributed by atoms with Gasteiger partial charge in [0.1, 0.15) is 4.90 Å². The molecule has 0 saturated carbocycles. The average molecular weight is 452 g/mol. The number of hydrogen-bond donors (Lipinski definition) is 2. The molecule has 0 aliphatic carbocycles. The molecule has 0 bridgehead atoms. The Kier molecular flexibility index (Phi) is 6.01. The van der Waals surface area contributed by atoms with E-state index in [9.17, 15) is 13.2 Å². The highest BCUT2D eigenvalue weighted by Crippen LogP contribution is 2.28. The van der Waals surface area contributed by atoms with Crippen LogP contribution in [0.15, 0.2) is 41.3 Å². The number of rotatable bonds is 5. The summed E-state index contributed by atoms with van der Waals surface area (Å²) in [5.41, 5.74) is 1.49. The van der Waals surface area contributed by atoms with Crippen molar-refractivity contribution in [3.05, 3.63) is 52.5 Å². The van der Waals surface area contributed by atoms with Crippen molar-refractivity contribution in [2.75, 3.05) is 5.32 Å². The molecule has 29 heavy (non-hydrogen) atoms. The van der Waals surface area contributed by atoms with E-state index in [1.54, 1.807) is 20.8 Å². The Labute approximate surface area is 179 Å². The summed E-state index contributed by atoms with van der Waals surface area (Å²) < 4.78 is 28.8. The van der Waals surface area contributed by atoms with Gasteiger partial charge in [0, 0.05) is 11.1 Å². The first-order valence-corrected chi connectivity index (χ1v) is 11.7. The summed E-state index contributed by atoms with van der Waals surface area (Å²) in [7, 11) is -3.88. The molecule has 2 N–H and O–H groups in total. The van der Waals surface area contributed by atoms with Crippen LogP contribution in [0.3, 0.4) is 0 Å². The van der Waals surface area contributed by atoms with Crippen molar-refractivity contribution in [1.82, 2.24) is 9.71 Å². The van der Waals surface area contributed by atoms with Crippen molar-refractivity contribution in [1.29, 1.82) is 0 Å². The number of benzene rings is 2. The lowest BCUT2D eigenvalue weighted by atomic mass is 10.1. The van der Waals surface area contributed by atoms with E-state index in [4.69, 9.17) is 11.6 Å². The number of anilines is 1. The summed E-state index contributed by atoms with van der Waals surface area (Å²) >= 11 is 7.47. The van der Waals surface area contributed by atoms with Crippen molar-refractivity contribution >= 4 is 54.2 Å². The summed E-state index contributed by atoms with van der Waals surface area (Å²) in [6.45, 7) is 7.26. The molecule has 3 aromatic rings. The highest BCUT2D eigenvalue weighted by molar-refractivity contribution is 7.89. The standard InChI is InChI=1S/C20H22ClN3O3S2/c1-5-12-6-9-15-16(10-12)28-19(22-15)23-18(25)13-7-8-14(21)17(11-13)29(26,27)24-20(2,3)4/h6-11,24H,5H2,1-4H3,(H,22,23,25). The number of nitrogens with one attached hydrogen (secondary N) is 2. The van der Waals surface area contributed by atoms with Gasteiger partial charge in [-0.15, -0.1) is 0 Å². The Morgan fingerprint density at radius 2 is 1.90 bits per heavy atom. The van der Waals surface area contributed by atoms with Crippen LogP contribution < -0.4 is 10.0 Å². The smallest absolute Gasteiger partial charge is 0.257 e. The number of fused-ring (bicyclic) bond motifs is 1. The van der Waals surface area contributed by atoms with Crippen molar-refractivity contribution < 1.29 is 13.2 Å². The molecule has 1 heterocycles. The topological polar surface area (TPSA) is 88.2 Å². The molecule has 3 rings (SSSR count). The van der Waals surface area contributed by atoms with E-state index in [0.717, 1.165) is 16.6 Å². The molecule has 0 spiro atoms. The second-order valence-corrected chi connectivity index (χ2v) is 10.7. The predicted molar refractivity (Wildman–Crippen MR) is 118 cm³/mol. The SMILES string of the molecule is CCc1ccc2nc(NC(=O)c3ccc(Cl)c(S(=O)(=O)NC(C)(C)C)c3)sc2c1. The number of halogens is 1. The van der Waals surface area contributed by atoms with Crippen molar-refractivity contribution in [2.45, 2.75) is 44.6 Å². The first-order valence-electron chi connectivity index (χ1n) is 9.03. The molecular weight excluding hydrogens is 430 g/mol. The minimum absolute atomic E-state index is 0.0467. The molecule has 2 aromatic carbocycles. The number of aryl methyl sites for hydroxylation is 1. The Hall–Kier alpha value is -2.00. The Balaban J connectivity index is 1.88. The summed E-state index contributed by atoms with van der Waals surface area (Å²) in [6, 6.07) is 10.1. The molecule has 1 amide bonds. The first kappa shape index (κ1) is 21.7. The van der Waals surface area contributed by atoms with Gasteiger partial charge in [0.2, 0.25) is 10.0 Å². The van der Waals surface area contributed by atoms with E-state index in [1.165, 1.54) is 35.1 Å². The maximum absolute atomic E-state index is 12.7. The fraction of sp³-hybridized carbons (Fsp3) is 0.300. The minimum Gasteiger partial charge on any atom is -0.298 e. The second-order valence-electron chi connectivity index (χ2n) is 7.63. The number of thiazole rings is 1. The van der Waals surface area contributed by atoms with Crippen LogP contribution in [-0.2, 0) is 16.4 Å². The van der Waals surface area contributed by atoms with Crippen LogP contribution >= 0.6 is 22.9 Å². The fourth-order valence-corrected chi connectivity index (χ4v) is 5.59. The lowest BCUT2D eigenvalue weighted by molar-refractivity contribution is 0.102. The van der Waals surface area contributed by atoms with Crippen LogP contribution in [0.4, 0.5) is 5.13 Å². The molecule has 0 atom stereocenters. The monoisotopic (exact) mass is 451 g/mol. The van der Waals surface area contributed by atoms with E-state index in [0.29, 0.717) is 5.13 Å². The normalized spacial score (nSPS) is 12.3. The number of aromatic nitrogens is 1. The number of sulfonamides is 1. The third kappa shape index (κ3) is 5.14. The van der Waals surface area contributed by atoms with Gasteiger partial charge in [-0.3, -0.25) is 10.1 Å². The van der Waals surface area contributed by atoms with E-state index in [2.05, 4.69) is 21.9 Å². The number of nitrogens with zero attached hydrogens (tertiary/aromatic N) is 1. The Morgan fingerprint density at radius 3 is 2.55 bits per heavy atom. The average Bonchev–Trinajstić information content (AvgIpc) is 3.00. The largest absolute Gasteiger partial charge is 0.298 e. The number of hydrogen-bond acceptors (Lipinski definition) is 5. The number of carbonyl (C=O) groups is 1. The number of carbonyl (C=O) groups excluding carboxylic acids is 1. The fourth-order valence-electron chi connectivity index (χ4n) is 2.72. The second kappa shape index (κ2) is 8.02. The maximum Gasteiger partial charge on any atom is 0.257 e. The van der Waals surface area contributed by atoms with E-state index in [-0.39, 0.29) is 15.5 Å². The third-order valence-electron chi connectivity index (χ3n) is 4.01. The molecule has 0 fully saturated rings. The quantitative estimate of drug-likeness (QED) is 0.580.